The molecule has 6 nitrogen and oxygen atoms in total. The zero-order valence-corrected chi connectivity index (χ0v) is 14.5. The van der Waals surface area contributed by atoms with E-state index in [9.17, 15) is 4.79 Å². The van der Waals surface area contributed by atoms with Gasteiger partial charge in [-0.2, -0.15) is 0 Å². The number of hydrogen-bond donors (Lipinski definition) is 1. The zero-order chi connectivity index (χ0) is 16.8. The largest absolute Gasteiger partial charge is 0.381 e. The van der Waals surface area contributed by atoms with Crippen LogP contribution in [0.4, 0.5) is 0 Å². The lowest BCUT2D eigenvalue weighted by Gasteiger charge is -2.25. The van der Waals surface area contributed by atoms with Crippen molar-refractivity contribution < 1.29 is 9.53 Å². The molecular formula is C18H28N4O2. The van der Waals surface area contributed by atoms with Crippen LogP contribution in [0.25, 0.3) is 0 Å². The Labute approximate surface area is 144 Å². The van der Waals surface area contributed by atoms with Crippen molar-refractivity contribution in [3.63, 3.8) is 0 Å². The van der Waals surface area contributed by atoms with Gasteiger partial charge in [-0.05, 0) is 31.2 Å². The highest BCUT2D eigenvalue weighted by Crippen LogP contribution is 2.24. The number of hydrogen-bond acceptors (Lipinski definition) is 5. The Morgan fingerprint density at radius 1 is 1.29 bits per heavy atom. The second-order valence-electron chi connectivity index (χ2n) is 6.91. The molecule has 2 saturated heterocycles. The van der Waals surface area contributed by atoms with E-state index < -0.39 is 0 Å². The highest BCUT2D eigenvalue weighted by molar-refractivity contribution is 5.79. The molecule has 1 aromatic rings. The Kier molecular flexibility index (Phi) is 6.15. The SMILES string of the molecule is CCCC1CN(Cc2ncccn2)CC1NC(=O)C1CCOCC1. The van der Waals surface area contributed by atoms with Crippen molar-refractivity contribution in [2.24, 2.45) is 11.8 Å². The molecule has 3 rings (SSSR count). The molecule has 0 saturated carbocycles. The van der Waals surface area contributed by atoms with Gasteiger partial charge in [0.2, 0.25) is 5.91 Å². The molecule has 0 aromatic carbocycles. The maximum absolute atomic E-state index is 12.6. The van der Waals surface area contributed by atoms with Crippen LogP contribution >= 0.6 is 0 Å². The molecule has 6 heteroatoms. The molecule has 1 amide bonds. The molecule has 0 aliphatic carbocycles. The minimum absolute atomic E-state index is 0.118. The highest BCUT2D eigenvalue weighted by Gasteiger charge is 2.34. The Balaban J connectivity index is 1.57. The normalized spacial score (nSPS) is 25.7. The third-order valence-electron chi connectivity index (χ3n) is 5.08. The maximum atomic E-state index is 12.6. The number of likely N-dealkylation sites (tertiary alicyclic amines) is 1. The van der Waals surface area contributed by atoms with Crippen LogP contribution in [0.3, 0.4) is 0 Å². The van der Waals surface area contributed by atoms with Crippen molar-refractivity contribution >= 4 is 5.91 Å². The van der Waals surface area contributed by atoms with Crippen LogP contribution in [0.2, 0.25) is 0 Å². The fraction of sp³-hybridized carbons (Fsp3) is 0.722. The molecule has 0 spiro atoms. The van der Waals surface area contributed by atoms with Gasteiger partial charge in [-0.15, -0.1) is 0 Å². The number of rotatable bonds is 6. The molecule has 3 heterocycles. The molecule has 2 aliphatic heterocycles. The number of carbonyl (C=O) groups excluding carboxylic acids is 1. The van der Waals surface area contributed by atoms with Crippen LogP contribution in [0.5, 0.6) is 0 Å². The van der Waals surface area contributed by atoms with Gasteiger partial charge in [0, 0.05) is 50.7 Å². The number of nitrogens with one attached hydrogen (secondary N) is 1. The summed E-state index contributed by atoms with van der Waals surface area (Å²) in [5.41, 5.74) is 0. The first-order chi connectivity index (χ1) is 11.8. The third-order valence-corrected chi connectivity index (χ3v) is 5.08. The van der Waals surface area contributed by atoms with E-state index in [0.717, 1.165) is 51.1 Å². The van der Waals surface area contributed by atoms with Crippen LogP contribution < -0.4 is 5.32 Å². The fourth-order valence-corrected chi connectivity index (χ4v) is 3.79. The molecule has 1 N–H and O–H groups in total. The standard InChI is InChI=1S/C18H28N4O2/c1-2-4-15-11-22(13-17-19-7-3-8-20-17)12-16(15)21-18(23)14-5-9-24-10-6-14/h3,7-8,14-16H,2,4-6,9-13H2,1H3,(H,21,23). The van der Waals surface area contributed by atoms with Gasteiger partial charge in [0.05, 0.1) is 6.54 Å². The summed E-state index contributed by atoms with van der Waals surface area (Å²) < 4.78 is 5.36. The monoisotopic (exact) mass is 332 g/mol. The number of ether oxygens (including phenoxy) is 1. The molecule has 0 radical (unpaired) electrons. The summed E-state index contributed by atoms with van der Waals surface area (Å²) in [7, 11) is 0. The van der Waals surface area contributed by atoms with E-state index >= 15 is 0 Å². The predicted molar refractivity (Wildman–Crippen MR) is 91.2 cm³/mol. The van der Waals surface area contributed by atoms with Crippen LogP contribution in [0.1, 0.15) is 38.4 Å². The summed E-state index contributed by atoms with van der Waals surface area (Å²) in [6, 6.07) is 2.08. The Bertz CT molecular complexity index is 519. The summed E-state index contributed by atoms with van der Waals surface area (Å²) >= 11 is 0. The molecule has 2 fully saturated rings. The van der Waals surface area contributed by atoms with E-state index in [0.29, 0.717) is 19.1 Å². The molecule has 1 aromatic heterocycles. The van der Waals surface area contributed by atoms with Gasteiger partial charge in [-0.3, -0.25) is 9.69 Å². The number of nitrogens with zero attached hydrogens (tertiary/aromatic N) is 3. The van der Waals surface area contributed by atoms with Gasteiger partial charge in [0.15, 0.2) is 0 Å². The van der Waals surface area contributed by atoms with Gasteiger partial charge >= 0.3 is 0 Å². The van der Waals surface area contributed by atoms with E-state index in [-0.39, 0.29) is 17.9 Å². The lowest BCUT2D eigenvalue weighted by Crippen LogP contribution is -2.44. The highest BCUT2D eigenvalue weighted by atomic mass is 16.5. The summed E-state index contributed by atoms with van der Waals surface area (Å²) in [5, 5.41) is 3.32. The van der Waals surface area contributed by atoms with Crippen molar-refractivity contribution in [2.45, 2.75) is 45.2 Å². The van der Waals surface area contributed by atoms with Crippen molar-refractivity contribution in [1.29, 1.82) is 0 Å². The van der Waals surface area contributed by atoms with Crippen molar-refractivity contribution in [3.05, 3.63) is 24.3 Å². The molecular weight excluding hydrogens is 304 g/mol. The lowest BCUT2D eigenvalue weighted by atomic mass is 9.95. The second kappa shape index (κ2) is 8.53. The fourth-order valence-electron chi connectivity index (χ4n) is 3.79. The minimum Gasteiger partial charge on any atom is -0.381 e. The maximum Gasteiger partial charge on any atom is 0.223 e. The molecule has 2 atom stereocenters. The summed E-state index contributed by atoms with van der Waals surface area (Å²) in [6.07, 6.45) is 7.55. The first kappa shape index (κ1) is 17.3. The van der Waals surface area contributed by atoms with Crippen molar-refractivity contribution in [1.82, 2.24) is 20.2 Å². The third kappa shape index (κ3) is 4.51. The predicted octanol–water partition coefficient (Wildman–Crippen LogP) is 1.62. The first-order valence-corrected chi connectivity index (χ1v) is 9.12. The Morgan fingerprint density at radius 3 is 2.75 bits per heavy atom. The van der Waals surface area contributed by atoms with Crippen LogP contribution in [0.15, 0.2) is 18.5 Å². The van der Waals surface area contributed by atoms with E-state index in [4.69, 9.17) is 4.74 Å². The Hall–Kier alpha value is -1.53. The topological polar surface area (TPSA) is 67.4 Å². The van der Waals surface area contributed by atoms with Gasteiger partial charge in [-0.1, -0.05) is 13.3 Å². The average molecular weight is 332 g/mol. The van der Waals surface area contributed by atoms with Gasteiger partial charge in [-0.25, -0.2) is 9.97 Å². The van der Waals surface area contributed by atoms with Crippen LogP contribution in [-0.4, -0.2) is 53.1 Å². The zero-order valence-electron chi connectivity index (χ0n) is 14.5. The van der Waals surface area contributed by atoms with E-state index in [1.807, 2.05) is 6.07 Å². The van der Waals surface area contributed by atoms with Gasteiger partial charge in [0.1, 0.15) is 5.82 Å². The Morgan fingerprint density at radius 2 is 2.04 bits per heavy atom. The quantitative estimate of drug-likeness (QED) is 0.857. The molecule has 132 valence electrons. The molecule has 2 aliphatic rings. The minimum atomic E-state index is 0.118. The van der Waals surface area contributed by atoms with Crippen LogP contribution in [-0.2, 0) is 16.1 Å². The molecule has 0 bridgehead atoms. The summed E-state index contributed by atoms with van der Waals surface area (Å²) in [5.74, 6) is 1.70. The first-order valence-electron chi connectivity index (χ1n) is 9.12. The van der Waals surface area contributed by atoms with Crippen molar-refractivity contribution in [2.75, 3.05) is 26.3 Å². The summed E-state index contributed by atoms with van der Waals surface area (Å²) in [6.45, 7) is 6.27. The number of aromatic nitrogens is 2. The lowest BCUT2D eigenvalue weighted by molar-refractivity contribution is -0.128. The van der Waals surface area contributed by atoms with Gasteiger partial charge < -0.3 is 10.1 Å². The second-order valence-corrected chi connectivity index (χ2v) is 6.91. The molecule has 2 unspecified atom stereocenters. The van der Waals surface area contributed by atoms with E-state index in [1.165, 1.54) is 0 Å². The van der Waals surface area contributed by atoms with E-state index in [1.54, 1.807) is 12.4 Å². The average Bonchev–Trinajstić information content (AvgIpc) is 2.98. The van der Waals surface area contributed by atoms with Crippen LogP contribution in [0, 0.1) is 11.8 Å². The summed E-state index contributed by atoms with van der Waals surface area (Å²) in [4.78, 5) is 23.6. The number of carbonyl (C=O) groups is 1. The smallest absolute Gasteiger partial charge is 0.223 e. The van der Waals surface area contributed by atoms with E-state index in [2.05, 4.69) is 27.1 Å². The molecule has 24 heavy (non-hydrogen) atoms. The number of amides is 1. The van der Waals surface area contributed by atoms with Crippen molar-refractivity contribution in [3.8, 4) is 0 Å². The van der Waals surface area contributed by atoms with Gasteiger partial charge in [0.25, 0.3) is 0 Å².